The molecule has 0 aliphatic carbocycles. The van der Waals surface area contributed by atoms with E-state index in [1.807, 2.05) is 0 Å². The van der Waals surface area contributed by atoms with E-state index < -0.39 is 6.36 Å². The number of alkyl halides is 3. The highest BCUT2D eigenvalue weighted by atomic mass is 19.4. The van der Waals surface area contributed by atoms with E-state index in [9.17, 15) is 13.2 Å². The average molecular weight is 352 g/mol. The van der Waals surface area contributed by atoms with E-state index in [4.69, 9.17) is 15.0 Å². The second-order valence-corrected chi connectivity index (χ2v) is 5.56. The van der Waals surface area contributed by atoms with Gasteiger partial charge in [0.1, 0.15) is 12.4 Å². The molecule has 8 heteroatoms. The van der Waals surface area contributed by atoms with Crippen LogP contribution < -0.4 is 15.2 Å². The number of benzene rings is 2. The maximum atomic E-state index is 12.2. The molecule has 0 bridgehead atoms. The molecule has 2 N–H and O–H groups in total. The van der Waals surface area contributed by atoms with Gasteiger partial charge >= 0.3 is 6.36 Å². The van der Waals surface area contributed by atoms with Crippen molar-refractivity contribution < 1.29 is 27.2 Å². The Morgan fingerprint density at radius 1 is 1.12 bits per heavy atom. The highest BCUT2D eigenvalue weighted by Gasteiger charge is 2.30. The number of nitrogens with two attached hydrogens (primary N) is 1. The first-order valence-electron chi connectivity index (χ1n) is 7.46. The Morgan fingerprint density at radius 3 is 2.44 bits per heavy atom. The Balaban J connectivity index is 1.87. The minimum absolute atomic E-state index is 0.156. The van der Waals surface area contributed by atoms with E-state index in [0.29, 0.717) is 16.8 Å². The van der Waals surface area contributed by atoms with Gasteiger partial charge in [-0.15, -0.1) is 13.2 Å². The fraction of sp³-hybridized carbons (Fsp3) is 0.235. The number of ether oxygens (including phenoxy) is 2. The standard InChI is InChI=1S/C17H15F3N2O3/c1-10(21)9-23-16-14-8-12(4-7-15(14)25-22-16)11-2-5-13(6-3-11)24-17(18,19)20/h2-8,10H,9,21H2,1H3/t10-/m1/s1. The molecule has 5 nitrogen and oxygen atoms in total. The van der Waals surface area contributed by atoms with Crippen LogP contribution in [0, 0.1) is 0 Å². The summed E-state index contributed by atoms with van der Waals surface area (Å²) in [6, 6.07) is 10.7. The first-order chi connectivity index (χ1) is 11.8. The molecule has 25 heavy (non-hydrogen) atoms. The molecule has 0 radical (unpaired) electrons. The van der Waals surface area contributed by atoms with Crippen LogP contribution in [0.3, 0.4) is 0 Å². The Hall–Kier alpha value is -2.74. The maximum Gasteiger partial charge on any atom is 0.573 e. The Kier molecular flexibility index (Phi) is 4.54. The number of hydrogen-bond acceptors (Lipinski definition) is 5. The molecule has 3 aromatic rings. The molecular weight excluding hydrogens is 337 g/mol. The molecular formula is C17H15F3N2O3. The van der Waals surface area contributed by atoms with Crippen LogP contribution >= 0.6 is 0 Å². The van der Waals surface area contributed by atoms with E-state index >= 15 is 0 Å². The third kappa shape index (κ3) is 4.21. The lowest BCUT2D eigenvalue weighted by Crippen LogP contribution is -2.23. The first kappa shape index (κ1) is 17.1. The van der Waals surface area contributed by atoms with Gasteiger partial charge in [-0.05, 0) is 47.5 Å². The van der Waals surface area contributed by atoms with Crippen LogP contribution in [0.5, 0.6) is 11.6 Å². The van der Waals surface area contributed by atoms with Crippen LogP contribution in [0.25, 0.3) is 22.1 Å². The van der Waals surface area contributed by atoms with Crippen LogP contribution in [0.4, 0.5) is 13.2 Å². The second kappa shape index (κ2) is 6.64. The van der Waals surface area contributed by atoms with E-state index in [-0.39, 0.29) is 18.4 Å². The highest BCUT2D eigenvalue weighted by Crippen LogP contribution is 2.31. The molecule has 0 amide bonds. The molecule has 0 saturated heterocycles. The summed E-state index contributed by atoms with van der Waals surface area (Å²) in [6.45, 7) is 2.09. The third-order valence-electron chi connectivity index (χ3n) is 3.34. The molecule has 132 valence electrons. The Labute approximate surface area is 141 Å². The van der Waals surface area contributed by atoms with Crippen molar-refractivity contribution in [2.24, 2.45) is 5.73 Å². The fourth-order valence-electron chi connectivity index (χ4n) is 2.26. The summed E-state index contributed by atoms with van der Waals surface area (Å²) >= 11 is 0. The molecule has 0 fully saturated rings. The summed E-state index contributed by atoms with van der Waals surface area (Å²) in [5, 5.41) is 4.52. The average Bonchev–Trinajstić information content (AvgIpc) is 2.94. The van der Waals surface area contributed by atoms with Crippen LogP contribution in [-0.4, -0.2) is 24.2 Å². The minimum Gasteiger partial charge on any atom is -0.473 e. The van der Waals surface area contributed by atoms with Crippen molar-refractivity contribution in [1.29, 1.82) is 0 Å². The topological polar surface area (TPSA) is 70.5 Å². The SMILES string of the molecule is C[C@@H](N)COc1noc2ccc(-c3ccc(OC(F)(F)F)cc3)cc12. The van der Waals surface area contributed by atoms with E-state index in [1.165, 1.54) is 24.3 Å². The fourth-order valence-corrected chi connectivity index (χ4v) is 2.26. The predicted molar refractivity (Wildman–Crippen MR) is 85.3 cm³/mol. The van der Waals surface area contributed by atoms with Crippen molar-refractivity contribution >= 4 is 11.0 Å². The summed E-state index contributed by atoms with van der Waals surface area (Å²) < 4.78 is 51.2. The predicted octanol–water partition coefficient (Wildman–Crippen LogP) is 4.12. The molecule has 2 aromatic carbocycles. The van der Waals surface area contributed by atoms with E-state index in [0.717, 1.165) is 11.1 Å². The van der Waals surface area contributed by atoms with Crippen molar-refractivity contribution in [1.82, 2.24) is 5.16 Å². The minimum atomic E-state index is -4.71. The van der Waals surface area contributed by atoms with Gasteiger partial charge < -0.3 is 19.7 Å². The number of hydrogen-bond donors (Lipinski definition) is 1. The second-order valence-electron chi connectivity index (χ2n) is 5.56. The van der Waals surface area contributed by atoms with Gasteiger partial charge in [0.25, 0.3) is 5.88 Å². The van der Waals surface area contributed by atoms with Gasteiger partial charge in [0.15, 0.2) is 5.58 Å². The number of aromatic nitrogens is 1. The van der Waals surface area contributed by atoms with E-state index in [2.05, 4.69) is 9.89 Å². The molecule has 0 saturated carbocycles. The van der Waals surface area contributed by atoms with Crippen molar-refractivity contribution in [3.8, 4) is 22.8 Å². The largest absolute Gasteiger partial charge is 0.573 e. The number of nitrogens with zero attached hydrogens (tertiary/aromatic N) is 1. The molecule has 1 atom stereocenters. The molecule has 0 aliphatic rings. The van der Waals surface area contributed by atoms with Gasteiger partial charge in [-0.3, -0.25) is 0 Å². The molecule has 0 unspecified atom stereocenters. The highest BCUT2D eigenvalue weighted by molar-refractivity contribution is 5.87. The van der Waals surface area contributed by atoms with Crippen LogP contribution in [-0.2, 0) is 0 Å². The maximum absolute atomic E-state index is 12.2. The molecule has 0 aliphatic heterocycles. The molecule has 0 spiro atoms. The van der Waals surface area contributed by atoms with Crippen molar-refractivity contribution in [2.75, 3.05) is 6.61 Å². The summed E-state index contributed by atoms with van der Waals surface area (Å²) in [6.07, 6.45) is -4.71. The zero-order chi connectivity index (χ0) is 18.0. The van der Waals surface area contributed by atoms with Gasteiger partial charge in [0.05, 0.1) is 5.39 Å². The normalized spacial score (nSPS) is 13.0. The zero-order valence-corrected chi connectivity index (χ0v) is 13.2. The van der Waals surface area contributed by atoms with Gasteiger partial charge in [0, 0.05) is 6.04 Å². The quantitative estimate of drug-likeness (QED) is 0.748. The zero-order valence-electron chi connectivity index (χ0n) is 13.2. The van der Waals surface area contributed by atoms with Gasteiger partial charge in [-0.25, -0.2) is 0 Å². The Bertz CT molecular complexity index is 858. The lowest BCUT2D eigenvalue weighted by molar-refractivity contribution is -0.274. The van der Waals surface area contributed by atoms with Gasteiger partial charge in [-0.1, -0.05) is 18.2 Å². The summed E-state index contributed by atoms with van der Waals surface area (Å²) in [5.41, 5.74) is 7.69. The van der Waals surface area contributed by atoms with Crippen molar-refractivity contribution in [3.05, 3.63) is 42.5 Å². The van der Waals surface area contributed by atoms with Crippen LogP contribution in [0.15, 0.2) is 47.0 Å². The summed E-state index contributed by atoms with van der Waals surface area (Å²) in [7, 11) is 0. The lowest BCUT2D eigenvalue weighted by atomic mass is 10.0. The number of fused-ring (bicyclic) bond motifs is 1. The molecule has 1 heterocycles. The van der Waals surface area contributed by atoms with Gasteiger partial charge in [0.2, 0.25) is 0 Å². The smallest absolute Gasteiger partial charge is 0.473 e. The van der Waals surface area contributed by atoms with Crippen LogP contribution in [0.2, 0.25) is 0 Å². The lowest BCUT2D eigenvalue weighted by Gasteiger charge is -2.09. The molecule has 3 rings (SSSR count). The Morgan fingerprint density at radius 2 is 1.80 bits per heavy atom. The van der Waals surface area contributed by atoms with Crippen molar-refractivity contribution in [3.63, 3.8) is 0 Å². The number of rotatable bonds is 5. The molecule has 1 aromatic heterocycles. The third-order valence-corrected chi connectivity index (χ3v) is 3.34. The monoisotopic (exact) mass is 352 g/mol. The van der Waals surface area contributed by atoms with Crippen LogP contribution in [0.1, 0.15) is 6.92 Å². The number of halogens is 3. The van der Waals surface area contributed by atoms with E-state index in [1.54, 1.807) is 25.1 Å². The van der Waals surface area contributed by atoms with Gasteiger partial charge in [-0.2, -0.15) is 0 Å². The first-order valence-corrected chi connectivity index (χ1v) is 7.46. The summed E-state index contributed by atoms with van der Waals surface area (Å²) in [5.74, 6) is 0.0504. The van der Waals surface area contributed by atoms with Crippen molar-refractivity contribution in [2.45, 2.75) is 19.3 Å². The summed E-state index contributed by atoms with van der Waals surface area (Å²) in [4.78, 5) is 0.